The van der Waals surface area contributed by atoms with E-state index in [1.54, 1.807) is 6.07 Å². The van der Waals surface area contributed by atoms with Crippen molar-refractivity contribution < 1.29 is 14.0 Å². The van der Waals surface area contributed by atoms with E-state index in [0.29, 0.717) is 24.8 Å². The van der Waals surface area contributed by atoms with Crippen LogP contribution in [-0.2, 0) is 12.8 Å². The molecule has 2 N–H and O–H groups in total. The maximum atomic E-state index is 5.79. The molecule has 0 atom stereocenters. The van der Waals surface area contributed by atoms with Gasteiger partial charge in [-0.05, 0) is 15.9 Å². The smallest absolute Gasteiger partial charge is 0.173 e. The second kappa shape index (κ2) is 3.90. The molecule has 0 bridgehead atoms. The van der Waals surface area contributed by atoms with Gasteiger partial charge in [0.05, 0.1) is 23.2 Å². The van der Waals surface area contributed by atoms with Crippen molar-refractivity contribution in [2.75, 3.05) is 18.9 Å². The summed E-state index contributed by atoms with van der Waals surface area (Å²) in [4.78, 5) is 0. The SMILES string of the molecule is Nc1cc(-c2c3c(c(Br)c4c2OCC4)OCC3)on1. The molecular weight excluding hydrogens is 312 g/mol. The lowest BCUT2D eigenvalue weighted by Crippen LogP contribution is -1.92. The first-order valence-corrected chi connectivity index (χ1v) is 6.90. The van der Waals surface area contributed by atoms with Gasteiger partial charge in [-0.1, -0.05) is 5.16 Å². The van der Waals surface area contributed by atoms with E-state index >= 15 is 0 Å². The molecular formula is C13H11BrN2O3. The molecule has 0 spiro atoms. The molecule has 2 aliphatic rings. The average Bonchev–Trinajstić information content (AvgIpc) is 3.09. The van der Waals surface area contributed by atoms with Gasteiger partial charge in [0, 0.05) is 30.0 Å². The zero-order valence-corrected chi connectivity index (χ0v) is 11.6. The predicted octanol–water partition coefficient (Wildman–Crippen LogP) is 2.56. The second-order valence-corrected chi connectivity index (χ2v) is 5.41. The molecule has 0 radical (unpaired) electrons. The number of anilines is 1. The number of aromatic nitrogens is 1. The molecule has 3 heterocycles. The lowest BCUT2D eigenvalue weighted by atomic mass is 9.98. The number of benzene rings is 1. The third-order valence-electron chi connectivity index (χ3n) is 3.51. The summed E-state index contributed by atoms with van der Waals surface area (Å²) in [6, 6.07) is 1.73. The summed E-state index contributed by atoms with van der Waals surface area (Å²) in [6.07, 6.45) is 1.70. The Morgan fingerprint density at radius 2 is 1.84 bits per heavy atom. The molecule has 1 aromatic heterocycles. The molecule has 2 aliphatic heterocycles. The highest BCUT2D eigenvalue weighted by Gasteiger charge is 2.32. The molecule has 0 saturated carbocycles. The molecule has 0 fully saturated rings. The standard InChI is InChI=1S/C13H11BrN2O3/c14-11-7-2-4-17-12(7)10(6-1-3-18-13(6)11)8-5-9(15)16-19-8/h5H,1-4H2,(H2,15,16). The topological polar surface area (TPSA) is 70.5 Å². The van der Waals surface area contributed by atoms with Crippen LogP contribution in [0.25, 0.3) is 11.3 Å². The number of rotatable bonds is 1. The van der Waals surface area contributed by atoms with Crippen LogP contribution in [0.1, 0.15) is 11.1 Å². The van der Waals surface area contributed by atoms with Crippen molar-refractivity contribution in [3.63, 3.8) is 0 Å². The third kappa shape index (κ3) is 1.49. The monoisotopic (exact) mass is 322 g/mol. The van der Waals surface area contributed by atoms with Gasteiger partial charge in [0.15, 0.2) is 11.6 Å². The predicted molar refractivity (Wildman–Crippen MR) is 72.4 cm³/mol. The number of hydrogen-bond acceptors (Lipinski definition) is 5. The Bertz CT molecular complexity index is 646. The van der Waals surface area contributed by atoms with Gasteiger partial charge in [-0.25, -0.2) is 0 Å². The van der Waals surface area contributed by atoms with Crippen LogP contribution in [0.4, 0.5) is 5.82 Å². The summed E-state index contributed by atoms with van der Waals surface area (Å²) in [5.74, 6) is 2.78. The van der Waals surface area contributed by atoms with E-state index < -0.39 is 0 Å². The van der Waals surface area contributed by atoms with Crippen LogP contribution in [-0.4, -0.2) is 18.4 Å². The van der Waals surface area contributed by atoms with Crippen molar-refractivity contribution in [3.8, 4) is 22.8 Å². The van der Waals surface area contributed by atoms with Crippen LogP contribution in [0.5, 0.6) is 11.5 Å². The molecule has 2 aromatic rings. The summed E-state index contributed by atoms with van der Waals surface area (Å²) in [5.41, 5.74) is 8.82. The van der Waals surface area contributed by atoms with Crippen molar-refractivity contribution in [2.24, 2.45) is 0 Å². The van der Waals surface area contributed by atoms with E-state index in [-0.39, 0.29) is 0 Å². The number of fused-ring (bicyclic) bond motifs is 2. The molecule has 19 heavy (non-hydrogen) atoms. The Morgan fingerprint density at radius 1 is 1.11 bits per heavy atom. The highest BCUT2D eigenvalue weighted by molar-refractivity contribution is 9.10. The minimum atomic E-state index is 0.373. The van der Waals surface area contributed by atoms with Crippen LogP contribution >= 0.6 is 15.9 Å². The van der Waals surface area contributed by atoms with E-state index in [9.17, 15) is 0 Å². The summed E-state index contributed by atoms with van der Waals surface area (Å²) in [7, 11) is 0. The number of ether oxygens (including phenoxy) is 2. The molecule has 1 aromatic carbocycles. The summed E-state index contributed by atoms with van der Waals surface area (Å²) in [5, 5.41) is 3.76. The highest BCUT2D eigenvalue weighted by Crippen LogP contribution is 2.51. The van der Waals surface area contributed by atoms with E-state index in [1.165, 1.54) is 0 Å². The number of nitrogen functional groups attached to an aromatic ring is 1. The maximum Gasteiger partial charge on any atom is 0.173 e. The molecule has 4 rings (SSSR count). The Kier molecular flexibility index (Phi) is 2.29. The van der Waals surface area contributed by atoms with Crippen molar-refractivity contribution in [2.45, 2.75) is 12.8 Å². The lowest BCUT2D eigenvalue weighted by Gasteiger charge is -2.12. The average molecular weight is 323 g/mol. The fourth-order valence-electron chi connectivity index (χ4n) is 2.72. The van der Waals surface area contributed by atoms with Crippen LogP contribution < -0.4 is 15.2 Å². The fraction of sp³-hybridized carbons (Fsp3) is 0.308. The molecule has 0 unspecified atom stereocenters. The van der Waals surface area contributed by atoms with Gasteiger partial charge in [-0.2, -0.15) is 0 Å². The van der Waals surface area contributed by atoms with Crippen LogP contribution in [0.15, 0.2) is 15.1 Å². The first-order chi connectivity index (χ1) is 9.25. The fourth-order valence-corrected chi connectivity index (χ4v) is 3.45. The van der Waals surface area contributed by atoms with Crippen molar-refractivity contribution in [1.29, 1.82) is 0 Å². The molecule has 0 amide bonds. The van der Waals surface area contributed by atoms with Crippen molar-refractivity contribution in [1.82, 2.24) is 5.16 Å². The first kappa shape index (κ1) is 11.2. The van der Waals surface area contributed by atoms with Gasteiger partial charge < -0.3 is 19.7 Å². The minimum Gasteiger partial charge on any atom is -0.492 e. The van der Waals surface area contributed by atoms with Gasteiger partial charge >= 0.3 is 0 Å². The summed E-state index contributed by atoms with van der Waals surface area (Å²) in [6.45, 7) is 1.35. The molecule has 0 aliphatic carbocycles. The normalized spacial score (nSPS) is 15.8. The quantitative estimate of drug-likeness (QED) is 0.873. The van der Waals surface area contributed by atoms with E-state index in [1.807, 2.05) is 0 Å². The summed E-state index contributed by atoms with van der Waals surface area (Å²) < 4.78 is 17.8. The maximum absolute atomic E-state index is 5.79. The van der Waals surface area contributed by atoms with Crippen molar-refractivity contribution >= 4 is 21.7 Å². The molecule has 5 nitrogen and oxygen atoms in total. The van der Waals surface area contributed by atoms with Gasteiger partial charge in [0.2, 0.25) is 0 Å². The molecule has 98 valence electrons. The molecule has 6 heteroatoms. The number of nitrogens with two attached hydrogens (primary N) is 1. The Labute approximate surface area is 117 Å². The number of halogens is 1. The lowest BCUT2D eigenvalue weighted by molar-refractivity contribution is 0.354. The zero-order chi connectivity index (χ0) is 13.0. The highest BCUT2D eigenvalue weighted by atomic mass is 79.9. The van der Waals surface area contributed by atoms with Crippen LogP contribution in [0.3, 0.4) is 0 Å². The van der Waals surface area contributed by atoms with Gasteiger partial charge in [0.25, 0.3) is 0 Å². The minimum absolute atomic E-state index is 0.373. The largest absolute Gasteiger partial charge is 0.492 e. The van der Waals surface area contributed by atoms with Gasteiger partial charge in [-0.15, -0.1) is 0 Å². The Morgan fingerprint density at radius 3 is 2.58 bits per heavy atom. The van der Waals surface area contributed by atoms with E-state index in [0.717, 1.165) is 45.5 Å². The number of nitrogens with zero attached hydrogens (tertiary/aromatic N) is 1. The van der Waals surface area contributed by atoms with Gasteiger partial charge in [-0.3, -0.25) is 0 Å². The van der Waals surface area contributed by atoms with Gasteiger partial charge in [0.1, 0.15) is 11.5 Å². The first-order valence-electron chi connectivity index (χ1n) is 6.11. The number of hydrogen-bond donors (Lipinski definition) is 1. The van der Waals surface area contributed by atoms with Crippen molar-refractivity contribution in [3.05, 3.63) is 21.7 Å². The third-order valence-corrected chi connectivity index (χ3v) is 4.35. The summed E-state index contributed by atoms with van der Waals surface area (Å²) >= 11 is 3.62. The Hall–Kier alpha value is -1.69. The van der Waals surface area contributed by atoms with Crippen LogP contribution in [0.2, 0.25) is 0 Å². The zero-order valence-electron chi connectivity index (χ0n) is 10.0. The molecule has 0 saturated heterocycles. The van der Waals surface area contributed by atoms with Crippen LogP contribution in [0, 0.1) is 0 Å². The van der Waals surface area contributed by atoms with E-state index in [4.69, 9.17) is 19.7 Å². The second-order valence-electron chi connectivity index (χ2n) is 4.62. The Balaban J connectivity index is 2.05. The van der Waals surface area contributed by atoms with E-state index in [2.05, 4.69) is 21.1 Å².